The first kappa shape index (κ1) is 31.0. The molecular formula is C21H34N5O11P. The molecule has 0 bridgehead atoms. The van der Waals surface area contributed by atoms with Gasteiger partial charge in [-0.2, -0.15) is 9.97 Å². The standard InChI is InChI=1S/C21H34N5O11P/c1-6-8-31-18-16-17(24-19(22)25-18)26(10-23-16)7-9-30-13-38(29,34-11-32-20(27)36-14(2)3)35-12-33-21(28)37-15(4)5/h10,14-15H,6-9,11-13H2,1-5H3,(H2,22,24,25). The van der Waals surface area contributed by atoms with Crippen molar-refractivity contribution >= 4 is 37.0 Å². The molecule has 0 aromatic carbocycles. The lowest BCUT2D eigenvalue weighted by atomic mass is 10.5. The molecule has 0 aliphatic rings. The predicted molar refractivity (Wildman–Crippen MR) is 131 cm³/mol. The SMILES string of the molecule is CCCOc1nc(N)nc2c1ncn2CCOCP(=O)(OCOC(=O)OC(C)C)OCOC(=O)OC(C)C. The van der Waals surface area contributed by atoms with E-state index in [9.17, 15) is 14.2 Å². The second-order valence-electron chi connectivity index (χ2n) is 8.11. The van der Waals surface area contributed by atoms with E-state index < -0.39 is 52.0 Å². The van der Waals surface area contributed by atoms with Crippen LogP contribution in [-0.2, 0) is 43.8 Å². The van der Waals surface area contributed by atoms with Crippen molar-refractivity contribution < 1.29 is 51.6 Å². The van der Waals surface area contributed by atoms with Gasteiger partial charge in [0.25, 0.3) is 0 Å². The Kier molecular flexibility index (Phi) is 12.5. The van der Waals surface area contributed by atoms with Gasteiger partial charge in [0, 0.05) is 6.54 Å². The Morgan fingerprint density at radius 2 is 1.61 bits per heavy atom. The smallest absolute Gasteiger partial charge is 0.476 e. The highest BCUT2D eigenvalue weighted by molar-refractivity contribution is 7.53. The minimum atomic E-state index is -4.06. The third-order valence-corrected chi connectivity index (χ3v) is 5.63. The van der Waals surface area contributed by atoms with Gasteiger partial charge in [-0.25, -0.2) is 14.6 Å². The summed E-state index contributed by atoms with van der Waals surface area (Å²) in [5.74, 6) is 0.289. The number of anilines is 1. The van der Waals surface area contributed by atoms with Crippen LogP contribution in [0.15, 0.2) is 6.33 Å². The molecule has 0 unspecified atom stereocenters. The molecule has 0 spiro atoms. The molecule has 0 aliphatic heterocycles. The Morgan fingerprint density at radius 1 is 1.00 bits per heavy atom. The zero-order valence-electron chi connectivity index (χ0n) is 22.0. The first-order valence-electron chi connectivity index (χ1n) is 11.8. The Balaban J connectivity index is 1.96. The summed E-state index contributed by atoms with van der Waals surface area (Å²) in [6.07, 6.45) is -1.19. The number of hydrogen-bond acceptors (Lipinski definition) is 15. The van der Waals surface area contributed by atoms with Crippen molar-refractivity contribution in [2.75, 3.05) is 38.9 Å². The first-order chi connectivity index (χ1) is 18.0. The highest BCUT2D eigenvalue weighted by Gasteiger charge is 2.28. The summed E-state index contributed by atoms with van der Waals surface area (Å²) in [4.78, 5) is 35.6. The third kappa shape index (κ3) is 10.7. The van der Waals surface area contributed by atoms with Crippen LogP contribution in [0.5, 0.6) is 5.88 Å². The molecule has 0 aliphatic carbocycles. The molecule has 38 heavy (non-hydrogen) atoms. The van der Waals surface area contributed by atoms with Crippen LogP contribution in [0.4, 0.5) is 15.5 Å². The average Bonchev–Trinajstić information content (AvgIpc) is 3.22. The van der Waals surface area contributed by atoms with Crippen LogP contribution in [0.3, 0.4) is 0 Å². The molecule has 17 heteroatoms. The molecule has 0 radical (unpaired) electrons. The Labute approximate surface area is 219 Å². The maximum Gasteiger partial charge on any atom is 0.510 e. The van der Waals surface area contributed by atoms with Crippen molar-refractivity contribution in [3.63, 3.8) is 0 Å². The van der Waals surface area contributed by atoms with Crippen LogP contribution < -0.4 is 10.5 Å². The number of imidazole rings is 1. The van der Waals surface area contributed by atoms with Crippen LogP contribution in [0.1, 0.15) is 41.0 Å². The summed E-state index contributed by atoms with van der Waals surface area (Å²) >= 11 is 0. The number of nitrogen functional groups attached to an aromatic ring is 1. The molecule has 2 N–H and O–H groups in total. The molecule has 0 saturated carbocycles. The van der Waals surface area contributed by atoms with Gasteiger partial charge in [0.1, 0.15) is 6.35 Å². The number of aromatic nitrogens is 4. The fraction of sp³-hybridized carbons (Fsp3) is 0.667. The number of ether oxygens (including phenoxy) is 6. The minimum absolute atomic E-state index is 0.0176. The monoisotopic (exact) mass is 563 g/mol. The molecule has 0 saturated heterocycles. The fourth-order valence-electron chi connectivity index (χ4n) is 2.61. The van der Waals surface area contributed by atoms with E-state index in [4.69, 9.17) is 43.2 Å². The van der Waals surface area contributed by atoms with Crippen molar-refractivity contribution in [3.8, 4) is 5.88 Å². The summed E-state index contributed by atoms with van der Waals surface area (Å²) < 4.78 is 55.0. The van der Waals surface area contributed by atoms with E-state index in [-0.39, 0.29) is 25.0 Å². The molecule has 214 valence electrons. The lowest BCUT2D eigenvalue weighted by molar-refractivity contribution is -0.0344. The fourth-order valence-corrected chi connectivity index (χ4v) is 3.61. The quantitative estimate of drug-likeness (QED) is 0.135. The molecule has 0 fully saturated rings. The van der Waals surface area contributed by atoms with Gasteiger partial charge in [-0.05, 0) is 34.1 Å². The van der Waals surface area contributed by atoms with Gasteiger partial charge >= 0.3 is 19.9 Å². The highest BCUT2D eigenvalue weighted by atomic mass is 31.2. The van der Waals surface area contributed by atoms with E-state index in [0.717, 1.165) is 6.42 Å². The van der Waals surface area contributed by atoms with E-state index in [1.54, 1.807) is 32.3 Å². The van der Waals surface area contributed by atoms with Crippen LogP contribution in [0.2, 0.25) is 0 Å². The van der Waals surface area contributed by atoms with Crippen LogP contribution in [-0.4, -0.2) is 77.2 Å². The number of carbonyl (C=O) groups is 2. The van der Waals surface area contributed by atoms with Gasteiger partial charge in [-0.15, -0.1) is 0 Å². The summed E-state index contributed by atoms with van der Waals surface area (Å²) in [6.45, 7) is 7.63. The van der Waals surface area contributed by atoms with Crippen LogP contribution in [0, 0.1) is 0 Å². The van der Waals surface area contributed by atoms with Gasteiger partial charge < -0.3 is 38.7 Å². The maximum atomic E-state index is 13.1. The normalized spacial score (nSPS) is 11.7. The minimum Gasteiger partial charge on any atom is -0.476 e. The number of nitrogens with zero attached hydrogens (tertiary/aromatic N) is 4. The molecule has 0 atom stereocenters. The molecule has 2 aromatic heterocycles. The predicted octanol–water partition coefficient (Wildman–Crippen LogP) is 3.44. The summed E-state index contributed by atoms with van der Waals surface area (Å²) in [6, 6.07) is 0. The largest absolute Gasteiger partial charge is 0.510 e. The van der Waals surface area contributed by atoms with Crippen molar-refractivity contribution in [1.82, 2.24) is 19.5 Å². The van der Waals surface area contributed by atoms with Crippen molar-refractivity contribution in [2.24, 2.45) is 0 Å². The van der Waals surface area contributed by atoms with E-state index in [0.29, 0.717) is 17.8 Å². The molecule has 0 amide bonds. The Morgan fingerprint density at radius 3 is 2.16 bits per heavy atom. The topological polar surface area (TPSA) is 195 Å². The molecule has 2 aromatic rings. The molecule has 2 rings (SSSR count). The highest BCUT2D eigenvalue weighted by Crippen LogP contribution is 2.48. The Bertz CT molecular complexity index is 1060. The maximum absolute atomic E-state index is 13.1. The van der Waals surface area contributed by atoms with E-state index in [1.807, 2.05) is 6.92 Å². The van der Waals surface area contributed by atoms with Crippen molar-refractivity contribution in [1.29, 1.82) is 0 Å². The van der Waals surface area contributed by atoms with E-state index in [2.05, 4.69) is 15.0 Å². The molecular weight excluding hydrogens is 529 g/mol. The third-order valence-electron chi connectivity index (χ3n) is 4.13. The van der Waals surface area contributed by atoms with Gasteiger partial charge in [-0.1, -0.05) is 6.92 Å². The van der Waals surface area contributed by atoms with Crippen LogP contribution in [0.25, 0.3) is 11.2 Å². The summed E-state index contributed by atoms with van der Waals surface area (Å²) in [5, 5.41) is 0. The zero-order valence-corrected chi connectivity index (χ0v) is 22.9. The second kappa shape index (κ2) is 15.3. The number of carbonyl (C=O) groups excluding carboxylic acids is 2. The lowest BCUT2D eigenvalue weighted by Crippen LogP contribution is -2.17. The van der Waals surface area contributed by atoms with Crippen LogP contribution >= 0.6 is 7.60 Å². The number of rotatable bonds is 16. The molecule has 2 heterocycles. The first-order valence-corrected chi connectivity index (χ1v) is 13.5. The number of fused-ring (bicyclic) bond motifs is 1. The van der Waals surface area contributed by atoms with E-state index >= 15 is 0 Å². The van der Waals surface area contributed by atoms with E-state index in [1.165, 1.54) is 6.33 Å². The Hall–Kier alpha value is -3.20. The van der Waals surface area contributed by atoms with Gasteiger partial charge in [0.15, 0.2) is 11.2 Å². The number of nitrogens with two attached hydrogens (primary N) is 1. The van der Waals surface area contributed by atoms with Crippen molar-refractivity contribution in [2.45, 2.75) is 59.8 Å². The van der Waals surface area contributed by atoms with Gasteiger partial charge in [-0.3, -0.25) is 13.6 Å². The zero-order chi connectivity index (χ0) is 28.1. The average molecular weight is 564 g/mol. The summed E-state index contributed by atoms with van der Waals surface area (Å²) in [5.41, 5.74) is 6.65. The van der Waals surface area contributed by atoms with Crippen molar-refractivity contribution in [3.05, 3.63) is 6.33 Å². The molecule has 16 nitrogen and oxygen atoms in total. The summed E-state index contributed by atoms with van der Waals surface area (Å²) in [7, 11) is -4.06. The number of hydrogen-bond donors (Lipinski definition) is 1. The van der Waals surface area contributed by atoms with Gasteiger partial charge in [0.05, 0.1) is 31.7 Å². The lowest BCUT2D eigenvalue weighted by Gasteiger charge is -2.19. The van der Waals surface area contributed by atoms with Gasteiger partial charge in [0.2, 0.25) is 25.4 Å². The second-order valence-corrected chi connectivity index (χ2v) is 10.1.